The molecule has 0 aliphatic heterocycles. The molecule has 5 heteroatoms. The number of nitriles is 1. The number of carbonyl (C=O) groups excluding carboxylic acids is 2. The van der Waals surface area contributed by atoms with E-state index in [0.717, 1.165) is 5.56 Å². The lowest BCUT2D eigenvalue weighted by Crippen LogP contribution is -2.31. The van der Waals surface area contributed by atoms with Crippen molar-refractivity contribution in [2.75, 3.05) is 20.7 Å². The molecule has 0 fully saturated rings. The second kappa shape index (κ2) is 6.97. The molecule has 0 unspecified atom stereocenters. The number of benzene rings is 1. The second-order valence-electron chi connectivity index (χ2n) is 3.84. The Balaban J connectivity index is 2.67. The molecule has 0 aliphatic rings. The lowest BCUT2D eigenvalue weighted by Gasteiger charge is -2.12. The normalized spacial score (nSPS) is 9.95. The van der Waals surface area contributed by atoms with Crippen LogP contribution in [0.4, 0.5) is 0 Å². The van der Waals surface area contributed by atoms with Gasteiger partial charge in [0, 0.05) is 13.1 Å². The maximum Gasteiger partial charge on any atom is 0.325 e. The summed E-state index contributed by atoms with van der Waals surface area (Å²) in [7, 11) is 2.78. The molecule has 98 valence electrons. The Morgan fingerprint density at radius 3 is 2.84 bits per heavy atom. The second-order valence-corrected chi connectivity index (χ2v) is 3.84. The smallest absolute Gasteiger partial charge is 0.325 e. The number of nitrogens with zero attached hydrogens (tertiary/aromatic N) is 2. The van der Waals surface area contributed by atoms with Crippen molar-refractivity contribution in [1.82, 2.24) is 4.90 Å². The highest BCUT2D eigenvalue weighted by Gasteiger charge is 2.09. The van der Waals surface area contributed by atoms with Crippen LogP contribution in [0, 0.1) is 11.3 Å². The van der Waals surface area contributed by atoms with Gasteiger partial charge >= 0.3 is 5.97 Å². The zero-order valence-electron chi connectivity index (χ0n) is 10.8. The van der Waals surface area contributed by atoms with Gasteiger partial charge in [-0.15, -0.1) is 0 Å². The predicted octanol–water partition coefficient (Wildman–Crippen LogP) is 1.20. The van der Waals surface area contributed by atoms with E-state index in [4.69, 9.17) is 5.26 Å². The number of hydrogen-bond acceptors (Lipinski definition) is 4. The first-order chi connectivity index (χ1) is 9.06. The van der Waals surface area contributed by atoms with E-state index >= 15 is 0 Å². The van der Waals surface area contributed by atoms with Crippen LogP contribution in [0.3, 0.4) is 0 Å². The van der Waals surface area contributed by atoms with Gasteiger partial charge in [-0.3, -0.25) is 9.59 Å². The molecule has 1 rings (SSSR count). The number of ether oxygens (including phenoxy) is 1. The van der Waals surface area contributed by atoms with Crippen molar-refractivity contribution in [3.05, 3.63) is 41.5 Å². The lowest BCUT2D eigenvalue weighted by molar-refractivity contribution is -0.144. The molecule has 0 radical (unpaired) electrons. The third kappa shape index (κ3) is 4.64. The highest BCUT2D eigenvalue weighted by atomic mass is 16.5. The third-order valence-corrected chi connectivity index (χ3v) is 2.40. The van der Waals surface area contributed by atoms with Crippen LogP contribution in [0.5, 0.6) is 0 Å². The molecule has 0 aliphatic carbocycles. The Morgan fingerprint density at radius 2 is 2.21 bits per heavy atom. The van der Waals surface area contributed by atoms with Crippen molar-refractivity contribution in [2.45, 2.75) is 0 Å². The fourth-order valence-electron chi connectivity index (χ4n) is 1.34. The van der Waals surface area contributed by atoms with Gasteiger partial charge in [0.25, 0.3) is 0 Å². The van der Waals surface area contributed by atoms with Gasteiger partial charge in [-0.05, 0) is 23.8 Å². The minimum absolute atomic E-state index is 0.0993. The monoisotopic (exact) mass is 258 g/mol. The summed E-state index contributed by atoms with van der Waals surface area (Å²) < 4.78 is 4.47. The van der Waals surface area contributed by atoms with E-state index in [0.29, 0.717) is 5.56 Å². The van der Waals surface area contributed by atoms with Crippen LogP contribution in [-0.4, -0.2) is 37.5 Å². The lowest BCUT2D eigenvalue weighted by atomic mass is 10.1. The zero-order chi connectivity index (χ0) is 14.3. The fraction of sp³-hybridized carbons (Fsp3) is 0.214. The van der Waals surface area contributed by atoms with Gasteiger partial charge in [0.15, 0.2) is 0 Å². The van der Waals surface area contributed by atoms with E-state index in [1.165, 1.54) is 25.1 Å². The van der Waals surface area contributed by atoms with E-state index < -0.39 is 5.97 Å². The number of likely N-dealkylation sites (N-methyl/N-ethyl adjacent to an activating group) is 1. The molecular formula is C14H14N2O3. The van der Waals surface area contributed by atoms with Crippen LogP contribution in [0.2, 0.25) is 0 Å². The van der Waals surface area contributed by atoms with Gasteiger partial charge in [0.1, 0.15) is 6.54 Å². The summed E-state index contributed by atoms with van der Waals surface area (Å²) in [6.45, 7) is -0.0993. The Morgan fingerprint density at radius 1 is 1.47 bits per heavy atom. The molecule has 0 spiro atoms. The van der Waals surface area contributed by atoms with E-state index in [1.54, 1.807) is 30.3 Å². The van der Waals surface area contributed by atoms with Gasteiger partial charge in [-0.25, -0.2) is 0 Å². The van der Waals surface area contributed by atoms with Crippen LogP contribution in [0.25, 0.3) is 6.08 Å². The number of esters is 1. The fourth-order valence-corrected chi connectivity index (χ4v) is 1.34. The molecule has 0 heterocycles. The van der Waals surface area contributed by atoms with Gasteiger partial charge in [0.05, 0.1) is 18.7 Å². The molecule has 0 saturated carbocycles. The average Bonchev–Trinajstić information content (AvgIpc) is 2.44. The highest BCUT2D eigenvalue weighted by Crippen LogP contribution is 2.06. The summed E-state index contributed by atoms with van der Waals surface area (Å²) in [6.07, 6.45) is 2.94. The van der Waals surface area contributed by atoms with E-state index in [1.807, 2.05) is 6.07 Å². The molecule has 1 aromatic rings. The number of hydrogen-bond donors (Lipinski definition) is 0. The standard InChI is InChI=1S/C14H14N2O3/c1-16(10-14(18)19-2)13(17)7-6-11-4-3-5-12(8-11)9-15/h3-8H,10H2,1-2H3. The van der Waals surface area contributed by atoms with Crippen LogP contribution >= 0.6 is 0 Å². The van der Waals surface area contributed by atoms with Crippen molar-refractivity contribution in [3.8, 4) is 6.07 Å². The third-order valence-electron chi connectivity index (χ3n) is 2.40. The summed E-state index contributed by atoms with van der Waals surface area (Å²) in [5.74, 6) is -0.788. The largest absolute Gasteiger partial charge is 0.468 e. The minimum Gasteiger partial charge on any atom is -0.468 e. The average molecular weight is 258 g/mol. The summed E-state index contributed by atoms with van der Waals surface area (Å²) in [5, 5.41) is 8.75. The molecule has 5 nitrogen and oxygen atoms in total. The van der Waals surface area contributed by atoms with Gasteiger partial charge in [0.2, 0.25) is 5.91 Å². The topological polar surface area (TPSA) is 70.4 Å². The number of methoxy groups -OCH3 is 1. The Bertz CT molecular complexity index is 544. The quantitative estimate of drug-likeness (QED) is 0.601. The van der Waals surface area contributed by atoms with Crippen LogP contribution in [-0.2, 0) is 14.3 Å². The molecule has 0 N–H and O–H groups in total. The molecule has 0 atom stereocenters. The van der Waals surface area contributed by atoms with Crippen molar-refractivity contribution < 1.29 is 14.3 Å². The molecule has 1 amide bonds. The first-order valence-corrected chi connectivity index (χ1v) is 5.57. The molecular weight excluding hydrogens is 244 g/mol. The van der Waals surface area contributed by atoms with Crippen LogP contribution < -0.4 is 0 Å². The Kier molecular flexibility index (Phi) is 5.30. The van der Waals surface area contributed by atoms with Crippen molar-refractivity contribution >= 4 is 18.0 Å². The van der Waals surface area contributed by atoms with Crippen LogP contribution in [0.1, 0.15) is 11.1 Å². The van der Waals surface area contributed by atoms with E-state index in [-0.39, 0.29) is 12.5 Å². The maximum atomic E-state index is 11.7. The van der Waals surface area contributed by atoms with Crippen molar-refractivity contribution in [1.29, 1.82) is 5.26 Å². The predicted molar refractivity (Wildman–Crippen MR) is 69.8 cm³/mol. The van der Waals surface area contributed by atoms with Crippen molar-refractivity contribution in [2.24, 2.45) is 0 Å². The van der Waals surface area contributed by atoms with E-state index in [9.17, 15) is 9.59 Å². The molecule has 0 bridgehead atoms. The number of amides is 1. The first kappa shape index (κ1) is 14.5. The van der Waals surface area contributed by atoms with Gasteiger partial charge in [-0.2, -0.15) is 5.26 Å². The van der Waals surface area contributed by atoms with Crippen LogP contribution in [0.15, 0.2) is 30.3 Å². The molecule has 0 saturated heterocycles. The maximum absolute atomic E-state index is 11.7. The number of rotatable bonds is 4. The van der Waals surface area contributed by atoms with E-state index in [2.05, 4.69) is 4.74 Å². The summed E-state index contributed by atoms with van der Waals surface area (Å²) >= 11 is 0. The highest BCUT2D eigenvalue weighted by molar-refractivity contribution is 5.93. The number of carbonyl (C=O) groups is 2. The Hall–Kier alpha value is -2.61. The Labute approximate surface area is 111 Å². The molecule has 0 aromatic heterocycles. The SMILES string of the molecule is COC(=O)CN(C)C(=O)C=Cc1cccc(C#N)c1. The summed E-state index contributed by atoms with van der Waals surface area (Å²) in [6, 6.07) is 8.89. The molecule has 19 heavy (non-hydrogen) atoms. The van der Waals surface area contributed by atoms with Gasteiger partial charge in [-0.1, -0.05) is 12.1 Å². The van der Waals surface area contributed by atoms with Crippen molar-refractivity contribution in [3.63, 3.8) is 0 Å². The van der Waals surface area contributed by atoms with Gasteiger partial charge < -0.3 is 9.64 Å². The summed E-state index contributed by atoms with van der Waals surface area (Å²) in [5.41, 5.74) is 1.27. The zero-order valence-corrected chi connectivity index (χ0v) is 10.8. The summed E-state index contributed by atoms with van der Waals surface area (Å²) in [4.78, 5) is 23.9. The first-order valence-electron chi connectivity index (χ1n) is 5.57. The minimum atomic E-state index is -0.476. The molecule has 1 aromatic carbocycles.